The molecule has 0 aromatic carbocycles. The summed E-state index contributed by atoms with van der Waals surface area (Å²) in [5.41, 5.74) is 1.81. The predicted molar refractivity (Wildman–Crippen MR) is 61.9 cm³/mol. The molecule has 0 aliphatic carbocycles. The molecule has 7 heteroatoms. The summed E-state index contributed by atoms with van der Waals surface area (Å²) in [4.78, 5) is 24.0. The van der Waals surface area contributed by atoms with Crippen molar-refractivity contribution in [1.29, 1.82) is 0 Å². The van der Waals surface area contributed by atoms with Gasteiger partial charge < -0.3 is 14.4 Å². The molecule has 100 valence electrons. The van der Waals surface area contributed by atoms with Gasteiger partial charge in [-0.05, 0) is 13.8 Å². The van der Waals surface area contributed by atoms with Crippen LogP contribution < -0.4 is 11.3 Å². The Morgan fingerprint density at radius 2 is 1.59 bits per heavy atom. The zero-order valence-corrected chi connectivity index (χ0v) is 10.4. The fraction of sp³-hybridized carbons (Fsp3) is 0.800. The Bertz CT molecular complexity index is 226. The van der Waals surface area contributed by atoms with Crippen LogP contribution in [0.25, 0.3) is 0 Å². The maximum Gasteiger partial charge on any atom is 0.323 e. The van der Waals surface area contributed by atoms with Crippen LogP contribution >= 0.6 is 0 Å². The second-order valence-electron chi connectivity index (χ2n) is 3.16. The summed E-state index contributed by atoms with van der Waals surface area (Å²) >= 11 is 0. The molecular formula is C10H21N3O4. The molecule has 0 saturated heterocycles. The number of nitrogens with zero attached hydrogens (tertiary/aromatic N) is 1. The van der Waals surface area contributed by atoms with E-state index >= 15 is 0 Å². The van der Waals surface area contributed by atoms with Crippen molar-refractivity contribution in [3.63, 3.8) is 0 Å². The Labute approximate surface area is 101 Å². The molecule has 0 fully saturated rings. The average molecular weight is 247 g/mol. The van der Waals surface area contributed by atoms with Gasteiger partial charge in [-0.25, -0.2) is 5.84 Å². The molecule has 0 radical (unpaired) electrons. The number of ether oxygens (including phenoxy) is 2. The normalized spacial score (nSPS) is 10.1. The molecule has 17 heavy (non-hydrogen) atoms. The second-order valence-corrected chi connectivity index (χ2v) is 3.16. The van der Waals surface area contributed by atoms with Crippen LogP contribution in [0.15, 0.2) is 0 Å². The van der Waals surface area contributed by atoms with Gasteiger partial charge in [-0.1, -0.05) is 0 Å². The van der Waals surface area contributed by atoms with Gasteiger partial charge in [0, 0.05) is 26.3 Å². The van der Waals surface area contributed by atoms with Gasteiger partial charge in [0.1, 0.15) is 0 Å². The van der Waals surface area contributed by atoms with Gasteiger partial charge >= 0.3 is 11.8 Å². The SMILES string of the molecule is CCOCCN(CCOCC)C(=O)C(=O)NN. The molecule has 0 unspecified atom stereocenters. The van der Waals surface area contributed by atoms with E-state index in [0.29, 0.717) is 39.5 Å². The van der Waals surface area contributed by atoms with Gasteiger partial charge in [0.15, 0.2) is 0 Å². The Balaban J connectivity index is 4.17. The zero-order valence-electron chi connectivity index (χ0n) is 10.4. The lowest BCUT2D eigenvalue weighted by molar-refractivity contribution is -0.146. The number of hydrogen-bond donors (Lipinski definition) is 2. The lowest BCUT2D eigenvalue weighted by Gasteiger charge is -2.21. The van der Waals surface area contributed by atoms with Gasteiger partial charge in [-0.15, -0.1) is 0 Å². The molecule has 0 heterocycles. The minimum Gasteiger partial charge on any atom is -0.380 e. The number of hydrazine groups is 1. The molecule has 0 spiro atoms. The molecule has 0 saturated carbocycles. The van der Waals surface area contributed by atoms with Crippen LogP contribution in [-0.2, 0) is 19.1 Å². The third kappa shape index (κ3) is 6.88. The highest BCUT2D eigenvalue weighted by Crippen LogP contribution is 1.92. The molecular weight excluding hydrogens is 226 g/mol. The van der Waals surface area contributed by atoms with Gasteiger partial charge in [0.2, 0.25) is 0 Å². The van der Waals surface area contributed by atoms with Crippen LogP contribution in [0.3, 0.4) is 0 Å². The van der Waals surface area contributed by atoms with Crippen LogP contribution in [0.1, 0.15) is 13.8 Å². The number of nitrogens with one attached hydrogen (secondary N) is 1. The largest absolute Gasteiger partial charge is 0.380 e. The molecule has 2 amide bonds. The van der Waals surface area contributed by atoms with Crippen molar-refractivity contribution in [2.45, 2.75) is 13.8 Å². The third-order valence-electron chi connectivity index (χ3n) is 2.03. The van der Waals surface area contributed by atoms with E-state index in [1.54, 1.807) is 0 Å². The Morgan fingerprint density at radius 1 is 1.12 bits per heavy atom. The Kier molecular flexibility index (Phi) is 9.31. The maximum atomic E-state index is 11.6. The standard InChI is InChI=1S/C10H21N3O4/c1-3-16-7-5-13(6-8-17-4-2)10(15)9(14)12-11/h3-8,11H2,1-2H3,(H,12,14). The van der Waals surface area contributed by atoms with E-state index in [9.17, 15) is 9.59 Å². The molecule has 0 aromatic heterocycles. The summed E-state index contributed by atoms with van der Waals surface area (Å²) in [7, 11) is 0. The summed E-state index contributed by atoms with van der Waals surface area (Å²) in [5.74, 6) is 3.40. The fourth-order valence-corrected chi connectivity index (χ4v) is 1.16. The van der Waals surface area contributed by atoms with Crippen molar-refractivity contribution in [3.8, 4) is 0 Å². The molecule has 0 atom stereocenters. The number of hydrogen-bond acceptors (Lipinski definition) is 5. The summed E-state index contributed by atoms with van der Waals surface area (Å²) in [6.45, 7) is 6.30. The van der Waals surface area contributed by atoms with Gasteiger partial charge in [-0.3, -0.25) is 15.0 Å². The first-order valence-corrected chi connectivity index (χ1v) is 5.62. The number of carbonyl (C=O) groups is 2. The maximum absolute atomic E-state index is 11.6. The first-order chi connectivity index (χ1) is 8.17. The Morgan fingerprint density at radius 3 is 1.94 bits per heavy atom. The predicted octanol–water partition coefficient (Wildman–Crippen LogP) is -1.12. The first-order valence-electron chi connectivity index (χ1n) is 5.62. The smallest absolute Gasteiger partial charge is 0.323 e. The zero-order chi connectivity index (χ0) is 13.1. The molecule has 0 aliphatic heterocycles. The summed E-state index contributed by atoms with van der Waals surface area (Å²) in [6.07, 6.45) is 0. The molecule has 0 bridgehead atoms. The minimum atomic E-state index is -0.835. The lowest BCUT2D eigenvalue weighted by Crippen LogP contribution is -2.47. The van der Waals surface area contributed by atoms with Crippen LogP contribution in [-0.4, -0.2) is 56.2 Å². The highest BCUT2D eigenvalue weighted by molar-refractivity contribution is 6.34. The van der Waals surface area contributed by atoms with Crippen molar-refractivity contribution in [3.05, 3.63) is 0 Å². The fourth-order valence-electron chi connectivity index (χ4n) is 1.16. The number of amides is 2. The van der Waals surface area contributed by atoms with Crippen molar-refractivity contribution in [2.24, 2.45) is 5.84 Å². The molecule has 3 N–H and O–H groups in total. The van der Waals surface area contributed by atoms with Crippen LogP contribution in [0, 0.1) is 0 Å². The van der Waals surface area contributed by atoms with Crippen LogP contribution in [0.4, 0.5) is 0 Å². The van der Waals surface area contributed by atoms with Gasteiger partial charge in [0.25, 0.3) is 0 Å². The van der Waals surface area contributed by atoms with Gasteiger partial charge in [0.05, 0.1) is 13.2 Å². The number of rotatable bonds is 8. The highest BCUT2D eigenvalue weighted by atomic mass is 16.5. The van der Waals surface area contributed by atoms with Gasteiger partial charge in [-0.2, -0.15) is 0 Å². The highest BCUT2D eigenvalue weighted by Gasteiger charge is 2.20. The molecule has 0 aromatic rings. The van der Waals surface area contributed by atoms with E-state index in [1.807, 2.05) is 19.3 Å². The topological polar surface area (TPSA) is 93.9 Å². The van der Waals surface area contributed by atoms with Crippen molar-refractivity contribution in [1.82, 2.24) is 10.3 Å². The monoisotopic (exact) mass is 247 g/mol. The quantitative estimate of drug-likeness (QED) is 0.186. The van der Waals surface area contributed by atoms with E-state index in [0.717, 1.165) is 0 Å². The van der Waals surface area contributed by atoms with E-state index in [4.69, 9.17) is 15.3 Å². The van der Waals surface area contributed by atoms with E-state index < -0.39 is 11.8 Å². The van der Waals surface area contributed by atoms with Crippen LogP contribution in [0.5, 0.6) is 0 Å². The van der Waals surface area contributed by atoms with Crippen molar-refractivity contribution in [2.75, 3.05) is 39.5 Å². The second kappa shape index (κ2) is 10.0. The number of carbonyl (C=O) groups excluding carboxylic acids is 2. The molecule has 0 rings (SSSR count). The minimum absolute atomic E-state index is 0.340. The molecule has 0 aliphatic rings. The lowest BCUT2D eigenvalue weighted by atomic mass is 10.4. The summed E-state index contributed by atoms with van der Waals surface area (Å²) in [6, 6.07) is 0. The number of nitrogens with two attached hydrogens (primary N) is 1. The van der Waals surface area contributed by atoms with E-state index in [-0.39, 0.29) is 0 Å². The van der Waals surface area contributed by atoms with Crippen molar-refractivity contribution >= 4 is 11.8 Å². The van der Waals surface area contributed by atoms with Crippen LogP contribution in [0.2, 0.25) is 0 Å². The first kappa shape index (κ1) is 15.8. The van der Waals surface area contributed by atoms with Crippen molar-refractivity contribution < 1.29 is 19.1 Å². The summed E-state index contributed by atoms with van der Waals surface area (Å²) < 4.78 is 10.3. The summed E-state index contributed by atoms with van der Waals surface area (Å²) in [5, 5.41) is 0. The van der Waals surface area contributed by atoms with E-state index in [2.05, 4.69) is 0 Å². The Hall–Kier alpha value is -1.18. The third-order valence-corrected chi connectivity index (χ3v) is 2.03. The average Bonchev–Trinajstić information content (AvgIpc) is 2.35. The van der Waals surface area contributed by atoms with E-state index in [1.165, 1.54) is 4.90 Å². The molecule has 7 nitrogen and oxygen atoms in total.